The van der Waals surface area contributed by atoms with Gasteiger partial charge in [0.15, 0.2) is 0 Å². The molecule has 0 spiro atoms. The predicted octanol–water partition coefficient (Wildman–Crippen LogP) is 2.48. The molecule has 1 aromatic heterocycles. The third-order valence-electron chi connectivity index (χ3n) is 2.47. The molecule has 1 heterocycles. The second-order valence-electron chi connectivity index (χ2n) is 3.60. The maximum atomic E-state index is 13.2. The van der Waals surface area contributed by atoms with E-state index in [9.17, 15) is 9.18 Å². The number of aromatic carboxylic acids is 1. The lowest BCUT2D eigenvalue weighted by atomic mass is 10.1. The smallest absolute Gasteiger partial charge is 0.338 e. The zero-order valence-corrected chi connectivity index (χ0v) is 9.20. The van der Waals surface area contributed by atoms with E-state index in [2.05, 4.69) is 9.97 Å². The molecular weight excluding hydrogens is 223 g/mol. The van der Waals surface area contributed by atoms with Crippen molar-refractivity contribution in [2.45, 2.75) is 13.3 Å². The van der Waals surface area contributed by atoms with E-state index in [0.29, 0.717) is 11.3 Å². The lowest BCUT2D eigenvalue weighted by Gasteiger charge is -2.01. The monoisotopic (exact) mass is 234 g/mol. The van der Waals surface area contributed by atoms with Crippen LogP contribution in [0.3, 0.4) is 0 Å². The first kappa shape index (κ1) is 11.3. The maximum absolute atomic E-state index is 13.2. The Morgan fingerprint density at radius 2 is 2.29 bits per heavy atom. The van der Waals surface area contributed by atoms with Crippen LogP contribution in [0.2, 0.25) is 0 Å². The summed E-state index contributed by atoms with van der Waals surface area (Å²) < 4.78 is 13.2. The number of halogens is 1. The molecule has 5 heteroatoms. The number of hydrogen-bond acceptors (Lipinski definition) is 2. The van der Waals surface area contributed by atoms with Crippen molar-refractivity contribution in [1.29, 1.82) is 0 Å². The molecule has 0 radical (unpaired) electrons. The topological polar surface area (TPSA) is 66.0 Å². The van der Waals surface area contributed by atoms with E-state index in [1.165, 1.54) is 12.1 Å². The molecule has 1 aromatic carbocycles. The highest BCUT2D eigenvalue weighted by molar-refractivity contribution is 5.89. The van der Waals surface area contributed by atoms with E-state index in [1.54, 1.807) is 6.20 Å². The van der Waals surface area contributed by atoms with Crippen LogP contribution in [0.4, 0.5) is 4.39 Å². The highest BCUT2D eigenvalue weighted by Crippen LogP contribution is 2.20. The first-order chi connectivity index (χ1) is 8.11. The maximum Gasteiger partial charge on any atom is 0.338 e. The largest absolute Gasteiger partial charge is 0.478 e. The van der Waals surface area contributed by atoms with Crippen LogP contribution < -0.4 is 0 Å². The second-order valence-corrected chi connectivity index (χ2v) is 3.60. The Balaban J connectivity index is 2.46. The zero-order valence-electron chi connectivity index (χ0n) is 9.20. The number of carboxylic acids is 1. The lowest BCUT2D eigenvalue weighted by molar-refractivity contribution is 0.0692. The van der Waals surface area contributed by atoms with Crippen LogP contribution in [-0.4, -0.2) is 21.0 Å². The quantitative estimate of drug-likeness (QED) is 0.857. The molecule has 2 rings (SSSR count). The summed E-state index contributed by atoms with van der Waals surface area (Å²) in [7, 11) is 0. The minimum absolute atomic E-state index is 0.338. The molecule has 0 saturated carbocycles. The first-order valence-corrected chi connectivity index (χ1v) is 5.19. The molecule has 2 aromatic rings. The number of aryl methyl sites for hydroxylation is 1. The van der Waals surface area contributed by atoms with Gasteiger partial charge in [-0.1, -0.05) is 6.92 Å². The van der Waals surface area contributed by atoms with E-state index in [1.807, 2.05) is 6.92 Å². The molecule has 0 aliphatic rings. The molecule has 4 nitrogen and oxygen atoms in total. The van der Waals surface area contributed by atoms with Crippen LogP contribution in [0.15, 0.2) is 24.4 Å². The molecule has 0 aliphatic heterocycles. The van der Waals surface area contributed by atoms with E-state index in [4.69, 9.17) is 5.11 Å². The van der Waals surface area contributed by atoms with Crippen molar-refractivity contribution >= 4 is 5.97 Å². The third-order valence-corrected chi connectivity index (χ3v) is 2.47. The van der Waals surface area contributed by atoms with Crippen molar-refractivity contribution in [3.05, 3.63) is 41.6 Å². The number of nitrogens with one attached hydrogen (secondary N) is 1. The molecule has 0 bridgehead atoms. The van der Waals surface area contributed by atoms with Gasteiger partial charge in [0.25, 0.3) is 0 Å². The van der Waals surface area contributed by atoms with Crippen molar-refractivity contribution in [2.24, 2.45) is 0 Å². The number of carbonyl (C=O) groups is 1. The summed E-state index contributed by atoms with van der Waals surface area (Å²) >= 11 is 0. The third kappa shape index (κ3) is 2.18. The van der Waals surface area contributed by atoms with Gasteiger partial charge in [-0.3, -0.25) is 0 Å². The zero-order chi connectivity index (χ0) is 12.4. The molecule has 0 unspecified atom stereocenters. The van der Waals surface area contributed by atoms with Crippen molar-refractivity contribution in [3.63, 3.8) is 0 Å². The number of aromatic amines is 1. The van der Waals surface area contributed by atoms with Gasteiger partial charge in [-0.2, -0.15) is 0 Å². The van der Waals surface area contributed by atoms with E-state index >= 15 is 0 Å². The molecule has 0 fully saturated rings. The van der Waals surface area contributed by atoms with E-state index < -0.39 is 11.8 Å². The van der Waals surface area contributed by atoms with Crippen molar-refractivity contribution in [2.75, 3.05) is 0 Å². The summed E-state index contributed by atoms with van der Waals surface area (Å²) in [4.78, 5) is 18.0. The van der Waals surface area contributed by atoms with Gasteiger partial charge >= 0.3 is 5.97 Å². The van der Waals surface area contributed by atoms with Gasteiger partial charge in [0.05, 0.1) is 17.5 Å². The van der Waals surface area contributed by atoms with Crippen molar-refractivity contribution in [3.8, 4) is 11.3 Å². The number of aromatic nitrogens is 2. The molecular formula is C12H11FN2O2. The summed E-state index contributed by atoms with van der Waals surface area (Å²) in [6.45, 7) is 1.95. The van der Waals surface area contributed by atoms with Crippen LogP contribution in [0.1, 0.15) is 23.1 Å². The normalized spacial score (nSPS) is 10.5. The summed E-state index contributed by atoms with van der Waals surface area (Å²) in [6.07, 6.45) is 2.37. The predicted molar refractivity (Wildman–Crippen MR) is 60.3 cm³/mol. The van der Waals surface area contributed by atoms with Gasteiger partial charge in [0.2, 0.25) is 0 Å². The molecule has 2 N–H and O–H groups in total. The molecule has 0 atom stereocenters. The van der Waals surface area contributed by atoms with Gasteiger partial charge in [0.1, 0.15) is 11.6 Å². The fourth-order valence-electron chi connectivity index (χ4n) is 1.55. The standard InChI is InChI=1S/C12H11FN2O2/c1-2-11-14-6-10(15-11)7-3-4-9(13)8(5-7)12(16)17/h3-6H,2H2,1H3,(H,14,15)(H,16,17). The summed E-state index contributed by atoms with van der Waals surface area (Å²) in [6, 6.07) is 3.96. The average Bonchev–Trinajstić information content (AvgIpc) is 2.78. The highest BCUT2D eigenvalue weighted by atomic mass is 19.1. The molecule has 0 aliphatic carbocycles. The lowest BCUT2D eigenvalue weighted by Crippen LogP contribution is -2.00. The first-order valence-electron chi connectivity index (χ1n) is 5.19. The Bertz CT molecular complexity index is 563. The van der Waals surface area contributed by atoms with Crippen LogP contribution in [0.5, 0.6) is 0 Å². The summed E-state index contributed by atoms with van der Waals surface area (Å²) in [5.74, 6) is -1.21. The number of rotatable bonds is 3. The van der Waals surface area contributed by atoms with Crippen LogP contribution in [-0.2, 0) is 6.42 Å². The Hall–Kier alpha value is -2.17. The fourth-order valence-corrected chi connectivity index (χ4v) is 1.55. The van der Waals surface area contributed by atoms with Gasteiger partial charge < -0.3 is 10.1 Å². The Kier molecular flexibility index (Phi) is 2.91. The summed E-state index contributed by atoms with van der Waals surface area (Å²) in [5.41, 5.74) is 0.954. The number of H-pyrrole nitrogens is 1. The van der Waals surface area contributed by atoms with Crippen molar-refractivity contribution < 1.29 is 14.3 Å². The second kappa shape index (κ2) is 4.37. The van der Waals surface area contributed by atoms with Crippen LogP contribution in [0, 0.1) is 5.82 Å². The summed E-state index contributed by atoms with van der Waals surface area (Å²) in [5, 5.41) is 8.82. The Morgan fingerprint density at radius 1 is 1.53 bits per heavy atom. The van der Waals surface area contributed by atoms with Gasteiger partial charge in [-0.15, -0.1) is 0 Å². The molecule has 88 valence electrons. The van der Waals surface area contributed by atoms with Gasteiger partial charge in [-0.05, 0) is 18.2 Å². The minimum atomic E-state index is -1.28. The minimum Gasteiger partial charge on any atom is -0.478 e. The number of hydrogen-bond donors (Lipinski definition) is 2. The van der Waals surface area contributed by atoms with Crippen molar-refractivity contribution in [1.82, 2.24) is 9.97 Å². The van der Waals surface area contributed by atoms with Crippen LogP contribution in [0.25, 0.3) is 11.3 Å². The van der Waals surface area contributed by atoms with Crippen LogP contribution >= 0.6 is 0 Å². The number of carboxylic acid groups (broad SMARTS) is 1. The van der Waals surface area contributed by atoms with E-state index in [-0.39, 0.29) is 5.56 Å². The molecule has 17 heavy (non-hydrogen) atoms. The van der Waals surface area contributed by atoms with Gasteiger partial charge in [0, 0.05) is 12.0 Å². The van der Waals surface area contributed by atoms with Gasteiger partial charge in [-0.25, -0.2) is 14.2 Å². The molecule has 0 amide bonds. The number of benzene rings is 1. The SMILES string of the molecule is CCc1ncc(-c2ccc(F)c(C(=O)O)c2)[nH]1. The molecule has 0 saturated heterocycles. The number of nitrogens with zero attached hydrogens (tertiary/aromatic N) is 1. The fraction of sp³-hybridized carbons (Fsp3) is 0.167. The average molecular weight is 234 g/mol. The highest BCUT2D eigenvalue weighted by Gasteiger charge is 2.12. The number of imidazole rings is 1. The Labute approximate surface area is 97.1 Å². The Morgan fingerprint density at radius 3 is 2.88 bits per heavy atom. The van der Waals surface area contributed by atoms with E-state index in [0.717, 1.165) is 18.3 Å².